The first kappa shape index (κ1) is 17.1. The predicted octanol–water partition coefficient (Wildman–Crippen LogP) is 5.64. The average Bonchev–Trinajstić information content (AvgIpc) is 3.09. The van der Waals surface area contributed by atoms with Gasteiger partial charge in [-0.15, -0.1) is 0 Å². The van der Waals surface area contributed by atoms with Crippen LogP contribution in [0.5, 0.6) is 0 Å². The number of nitrogens with one attached hydrogen (secondary N) is 1. The molecule has 7 heteroatoms. The molecular weight excluding hydrogens is 358 g/mol. The lowest BCUT2D eigenvalue weighted by Gasteiger charge is -2.13. The molecule has 0 bridgehead atoms. The van der Waals surface area contributed by atoms with Gasteiger partial charge in [0.05, 0.1) is 11.3 Å². The number of benzene rings is 2. The molecule has 0 aliphatic rings. The molecule has 0 saturated heterocycles. The summed E-state index contributed by atoms with van der Waals surface area (Å²) in [7, 11) is 0. The maximum atomic E-state index is 14.4. The van der Waals surface area contributed by atoms with Gasteiger partial charge in [0.2, 0.25) is 0 Å². The zero-order valence-electron chi connectivity index (χ0n) is 13.8. The van der Waals surface area contributed by atoms with Crippen molar-refractivity contribution in [1.82, 2.24) is 9.97 Å². The number of H-pyrrole nitrogens is 1. The molecule has 136 valence electrons. The van der Waals surface area contributed by atoms with Crippen LogP contribution in [-0.2, 0) is 6.18 Å². The monoisotopic (exact) mass is 371 g/mol. The first-order valence-electron chi connectivity index (χ1n) is 8.03. The van der Waals surface area contributed by atoms with E-state index in [1.54, 1.807) is 6.20 Å². The standard InChI is InChI=1S/C20H13F4N3/c21-17-8-13(20(22,23)24)2-3-14(17)16-10-26-9-15(19(16)25)11-1-4-18-12(7-11)5-6-27-18/h1-10,27H,(H2,25,26). The molecule has 0 unspecified atom stereocenters. The number of aromatic amines is 1. The van der Waals surface area contributed by atoms with Crippen LogP contribution in [0.3, 0.4) is 0 Å². The lowest BCUT2D eigenvalue weighted by atomic mass is 9.97. The number of nitrogen functional groups attached to an aromatic ring is 1. The van der Waals surface area contributed by atoms with Crippen molar-refractivity contribution in [2.24, 2.45) is 0 Å². The summed E-state index contributed by atoms with van der Waals surface area (Å²) < 4.78 is 52.6. The van der Waals surface area contributed by atoms with Crippen LogP contribution in [0.4, 0.5) is 23.2 Å². The molecule has 3 nitrogen and oxygen atoms in total. The zero-order chi connectivity index (χ0) is 19.2. The van der Waals surface area contributed by atoms with Crippen molar-refractivity contribution < 1.29 is 17.6 Å². The second kappa shape index (κ2) is 6.12. The molecule has 27 heavy (non-hydrogen) atoms. The fourth-order valence-electron chi connectivity index (χ4n) is 3.05. The van der Waals surface area contributed by atoms with Crippen LogP contribution < -0.4 is 5.73 Å². The normalized spacial score (nSPS) is 11.9. The van der Waals surface area contributed by atoms with Crippen molar-refractivity contribution in [2.45, 2.75) is 6.18 Å². The van der Waals surface area contributed by atoms with Crippen LogP contribution in [-0.4, -0.2) is 9.97 Å². The molecule has 0 saturated carbocycles. The summed E-state index contributed by atoms with van der Waals surface area (Å²) in [5, 5.41) is 0.970. The van der Waals surface area contributed by atoms with E-state index >= 15 is 0 Å². The fraction of sp³-hybridized carbons (Fsp3) is 0.0500. The van der Waals surface area contributed by atoms with Gasteiger partial charge in [-0.3, -0.25) is 4.98 Å². The van der Waals surface area contributed by atoms with Crippen molar-refractivity contribution in [3.63, 3.8) is 0 Å². The number of pyridine rings is 1. The van der Waals surface area contributed by atoms with Gasteiger partial charge in [0, 0.05) is 40.8 Å². The number of nitrogens with two attached hydrogens (primary N) is 1. The Morgan fingerprint density at radius 1 is 0.889 bits per heavy atom. The van der Waals surface area contributed by atoms with E-state index in [1.807, 2.05) is 30.5 Å². The molecule has 0 aliphatic carbocycles. The third-order valence-electron chi connectivity index (χ3n) is 4.44. The molecule has 0 radical (unpaired) electrons. The van der Waals surface area contributed by atoms with Crippen molar-refractivity contribution in [2.75, 3.05) is 5.73 Å². The third-order valence-corrected chi connectivity index (χ3v) is 4.44. The van der Waals surface area contributed by atoms with Gasteiger partial charge in [0.15, 0.2) is 0 Å². The van der Waals surface area contributed by atoms with Crippen molar-refractivity contribution >= 4 is 16.6 Å². The van der Waals surface area contributed by atoms with Gasteiger partial charge < -0.3 is 10.7 Å². The number of fused-ring (bicyclic) bond motifs is 1. The summed E-state index contributed by atoms with van der Waals surface area (Å²) in [6, 6.07) is 9.91. The Hall–Kier alpha value is -3.35. The van der Waals surface area contributed by atoms with Crippen LogP contribution in [0.2, 0.25) is 0 Å². The Kier molecular flexibility index (Phi) is 3.87. The number of hydrogen-bond acceptors (Lipinski definition) is 2. The van der Waals surface area contributed by atoms with Gasteiger partial charge in [-0.1, -0.05) is 12.1 Å². The summed E-state index contributed by atoms with van der Waals surface area (Å²) in [4.78, 5) is 7.19. The molecule has 0 spiro atoms. The van der Waals surface area contributed by atoms with Crippen molar-refractivity contribution in [1.29, 1.82) is 0 Å². The predicted molar refractivity (Wildman–Crippen MR) is 96.3 cm³/mol. The highest BCUT2D eigenvalue weighted by Crippen LogP contribution is 2.38. The Balaban J connectivity index is 1.83. The van der Waals surface area contributed by atoms with Crippen LogP contribution in [0.25, 0.3) is 33.2 Å². The van der Waals surface area contributed by atoms with E-state index in [4.69, 9.17) is 5.73 Å². The third kappa shape index (κ3) is 3.01. The van der Waals surface area contributed by atoms with E-state index in [0.717, 1.165) is 28.6 Å². The summed E-state index contributed by atoms with van der Waals surface area (Å²) in [6.07, 6.45) is 0.0923. The molecule has 0 amide bonds. The van der Waals surface area contributed by atoms with E-state index in [2.05, 4.69) is 9.97 Å². The highest BCUT2D eigenvalue weighted by atomic mass is 19.4. The molecular formula is C20H13F4N3. The molecule has 2 heterocycles. The number of nitrogens with zero attached hydrogens (tertiary/aromatic N) is 1. The van der Waals surface area contributed by atoms with Crippen LogP contribution in [0, 0.1) is 5.82 Å². The van der Waals surface area contributed by atoms with Gasteiger partial charge >= 0.3 is 6.18 Å². The first-order chi connectivity index (χ1) is 12.8. The van der Waals surface area contributed by atoms with E-state index in [9.17, 15) is 17.6 Å². The molecule has 0 atom stereocenters. The van der Waals surface area contributed by atoms with E-state index in [0.29, 0.717) is 11.6 Å². The fourth-order valence-corrected chi connectivity index (χ4v) is 3.05. The first-order valence-corrected chi connectivity index (χ1v) is 8.03. The molecule has 2 aromatic carbocycles. The molecule has 0 fully saturated rings. The highest BCUT2D eigenvalue weighted by Gasteiger charge is 2.31. The summed E-state index contributed by atoms with van der Waals surface area (Å²) in [5.41, 5.74) is 7.94. The van der Waals surface area contributed by atoms with E-state index in [1.165, 1.54) is 6.20 Å². The largest absolute Gasteiger partial charge is 0.416 e. The number of hydrogen-bond donors (Lipinski definition) is 2. The maximum Gasteiger partial charge on any atom is 0.416 e. The van der Waals surface area contributed by atoms with Crippen LogP contribution in [0.1, 0.15) is 5.56 Å². The van der Waals surface area contributed by atoms with Gasteiger partial charge in [0.25, 0.3) is 0 Å². The molecule has 4 aromatic rings. The van der Waals surface area contributed by atoms with Gasteiger partial charge in [-0.25, -0.2) is 4.39 Å². The van der Waals surface area contributed by atoms with Crippen LogP contribution in [0.15, 0.2) is 61.1 Å². The Morgan fingerprint density at radius 2 is 1.67 bits per heavy atom. The SMILES string of the molecule is Nc1c(-c2ccc3[nH]ccc3c2)cncc1-c1ccc(C(F)(F)F)cc1F. The Bertz CT molecular complexity index is 1150. The number of rotatable bonds is 2. The smallest absolute Gasteiger partial charge is 0.398 e. The number of alkyl halides is 3. The minimum Gasteiger partial charge on any atom is -0.398 e. The maximum absolute atomic E-state index is 14.4. The summed E-state index contributed by atoms with van der Waals surface area (Å²) in [5.74, 6) is -1.00. The molecule has 3 N–H and O–H groups in total. The Labute approximate surface area is 151 Å². The van der Waals surface area contributed by atoms with Gasteiger partial charge in [0.1, 0.15) is 5.82 Å². The van der Waals surface area contributed by atoms with Crippen molar-refractivity contribution in [3.8, 4) is 22.3 Å². The highest BCUT2D eigenvalue weighted by molar-refractivity contribution is 5.92. The van der Waals surface area contributed by atoms with Crippen molar-refractivity contribution in [3.05, 3.63) is 72.4 Å². The number of anilines is 1. The quantitative estimate of drug-likeness (QED) is 0.448. The van der Waals surface area contributed by atoms with Crippen LogP contribution >= 0.6 is 0 Å². The summed E-state index contributed by atoms with van der Waals surface area (Å²) in [6.45, 7) is 0. The molecule has 4 rings (SSSR count). The lowest BCUT2D eigenvalue weighted by molar-refractivity contribution is -0.137. The van der Waals surface area contributed by atoms with Gasteiger partial charge in [-0.05, 0) is 41.3 Å². The van der Waals surface area contributed by atoms with E-state index in [-0.39, 0.29) is 16.8 Å². The second-order valence-electron chi connectivity index (χ2n) is 6.12. The molecule has 0 aliphatic heterocycles. The van der Waals surface area contributed by atoms with E-state index < -0.39 is 17.6 Å². The average molecular weight is 371 g/mol. The number of aromatic nitrogens is 2. The minimum absolute atomic E-state index is 0.0300. The minimum atomic E-state index is -4.61. The Morgan fingerprint density at radius 3 is 2.41 bits per heavy atom. The number of halogens is 4. The summed E-state index contributed by atoms with van der Waals surface area (Å²) >= 11 is 0. The zero-order valence-corrected chi connectivity index (χ0v) is 13.8. The second-order valence-corrected chi connectivity index (χ2v) is 6.12. The topological polar surface area (TPSA) is 54.7 Å². The van der Waals surface area contributed by atoms with Gasteiger partial charge in [-0.2, -0.15) is 13.2 Å². The molecule has 2 aromatic heterocycles. The lowest BCUT2D eigenvalue weighted by Crippen LogP contribution is -2.06.